The van der Waals surface area contributed by atoms with Crippen LogP contribution in [0, 0.1) is 6.92 Å². The van der Waals surface area contributed by atoms with Crippen molar-refractivity contribution in [1.82, 2.24) is 15.2 Å². The molecule has 1 aliphatic carbocycles. The van der Waals surface area contributed by atoms with E-state index in [0.29, 0.717) is 40.8 Å². The summed E-state index contributed by atoms with van der Waals surface area (Å²) in [6.07, 6.45) is 0.959. The normalized spacial score (nSPS) is 16.9. The molecule has 1 aliphatic heterocycles. The number of ketones is 1. The van der Waals surface area contributed by atoms with Crippen molar-refractivity contribution >= 4 is 28.9 Å². The summed E-state index contributed by atoms with van der Waals surface area (Å²) >= 11 is 6.24. The summed E-state index contributed by atoms with van der Waals surface area (Å²) in [5.41, 5.74) is 11.3. The molecule has 5 rings (SSSR count). The summed E-state index contributed by atoms with van der Waals surface area (Å²) in [6, 6.07) is 11.5. The highest BCUT2D eigenvalue weighted by molar-refractivity contribution is 6.30. The van der Waals surface area contributed by atoms with Gasteiger partial charge in [-0.1, -0.05) is 23.7 Å². The third-order valence-corrected chi connectivity index (χ3v) is 6.57. The maximum atomic E-state index is 13.2. The van der Waals surface area contributed by atoms with Gasteiger partial charge < -0.3 is 14.2 Å². The van der Waals surface area contributed by atoms with Gasteiger partial charge in [0.25, 0.3) is 0 Å². The van der Waals surface area contributed by atoms with Gasteiger partial charge in [0.15, 0.2) is 23.1 Å². The number of allylic oxidation sites excluding steroid dienone is 2. The molecule has 0 fully saturated rings. The van der Waals surface area contributed by atoms with Crippen LogP contribution < -0.4 is 25.1 Å². The zero-order chi connectivity index (χ0) is 24.0. The van der Waals surface area contributed by atoms with E-state index in [1.807, 2.05) is 48.0 Å². The number of carbonyl (C=O) groups is 1. The van der Waals surface area contributed by atoms with E-state index in [4.69, 9.17) is 30.9 Å². The van der Waals surface area contributed by atoms with E-state index in [9.17, 15) is 4.79 Å². The second-order valence-electron chi connectivity index (χ2n) is 8.29. The number of ether oxygens (including phenoxy) is 3. The molecular formula is C25H25ClN4O4. The van der Waals surface area contributed by atoms with Crippen molar-refractivity contribution in [3.63, 3.8) is 0 Å². The van der Waals surface area contributed by atoms with Gasteiger partial charge in [-0.3, -0.25) is 15.6 Å². The predicted molar refractivity (Wildman–Crippen MR) is 130 cm³/mol. The van der Waals surface area contributed by atoms with E-state index < -0.39 is 0 Å². The Morgan fingerprint density at radius 3 is 2.41 bits per heavy atom. The molecule has 0 amide bonds. The number of hydrogen-bond acceptors (Lipinski definition) is 7. The molecule has 3 aromatic rings. The zero-order valence-corrected chi connectivity index (χ0v) is 20.1. The maximum Gasteiger partial charge on any atom is 0.203 e. The minimum absolute atomic E-state index is 0.00982. The lowest BCUT2D eigenvalue weighted by Crippen LogP contribution is -2.37. The molecule has 0 saturated carbocycles. The van der Waals surface area contributed by atoms with Gasteiger partial charge in [0.1, 0.15) is 5.70 Å². The third-order valence-electron chi connectivity index (χ3n) is 6.33. The van der Waals surface area contributed by atoms with Gasteiger partial charge in [-0.2, -0.15) is 5.10 Å². The van der Waals surface area contributed by atoms with E-state index >= 15 is 0 Å². The molecule has 2 aliphatic rings. The van der Waals surface area contributed by atoms with Crippen molar-refractivity contribution in [2.24, 2.45) is 0 Å². The van der Waals surface area contributed by atoms with E-state index in [1.54, 1.807) is 21.3 Å². The number of hydrogen-bond donors (Lipinski definition) is 2. The Morgan fingerprint density at radius 2 is 1.76 bits per heavy atom. The van der Waals surface area contributed by atoms with Crippen LogP contribution in [0.2, 0.25) is 5.02 Å². The number of benzene rings is 2. The van der Waals surface area contributed by atoms with E-state index in [-0.39, 0.29) is 11.7 Å². The second kappa shape index (κ2) is 8.61. The first kappa shape index (κ1) is 22.2. The highest BCUT2D eigenvalue weighted by Gasteiger charge is 2.35. The standard InChI is InChI=1S/C25H25ClN4O4/c1-13-22(14-6-5-7-17(26)8-14)25-28-27-23-18(30(25)29-13)9-15(10-19(23)31)16-11-20(32-2)24(34-4)21(12-16)33-3/h5-8,11-12,15,27-28H,9-10H2,1-4H3. The molecule has 0 saturated heterocycles. The number of rotatable bonds is 5. The number of halogens is 1. The molecule has 0 radical (unpaired) electrons. The Morgan fingerprint density at radius 1 is 1.03 bits per heavy atom. The first-order valence-electron chi connectivity index (χ1n) is 10.9. The maximum absolute atomic E-state index is 13.2. The fraction of sp³-hybridized carbons (Fsp3) is 0.280. The molecule has 2 aromatic carbocycles. The molecule has 1 unspecified atom stereocenters. The summed E-state index contributed by atoms with van der Waals surface area (Å²) in [5, 5.41) is 5.44. The van der Waals surface area contributed by atoms with Crippen LogP contribution in [0.3, 0.4) is 0 Å². The van der Waals surface area contributed by atoms with Crippen molar-refractivity contribution in [1.29, 1.82) is 0 Å². The van der Waals surface area contributed by atoms with Crippen LogP contribution in [0.15, 0.2) is 42.1 Å². The zero-order valence-electron chi connectivity index (χ0n) is 19.4. The number of aromatic nitrogens is 2. The van der Waals surface area contributed by atoms with Crippen molar-refractivity contribution in [3.05, 3.63) is 58.4 Å². The number of methoxy groups -OCH3 is 3. The summed E-state index contributed by atoms with van der Waals surface area (Å²) in [7, 11) is 4.74. The van der Waals surface area contributed by atoms with Gasteiger partial charge in [0.05, 0.1) is 32.7 Å². The third kappa shape index (κ3) is 3.54. The summed E-state index contributed by atoms with van der Waals surface area (Å²) < 4.78 is 18.3. The van der Waals surface area contributed by atoms with Crippen LogP contribution in [0.4, 0.5) is 5.82 Å². The van der Waals surface area contributed by atoms with Gasteiger partial charge in [-0.15, -0.1) is 0 Å². The number of hydrazine groups is 1. The summed E-state index contributed by atoms with van der Waals surface area (Å²) in [4.78, 5) is 13.2. The number of aryl methyl sites for hydroxylation is 1. The Hall–Kier alpha value is -3.65. The van der Waals surface area contributed by atoms with Crippen LogP contribution in [0.25, 0.3) is 16.8 Å². The highest BCUT2D eigenvalue weighted by atomic mass is 35.5. The van der Waals surface area contributed by atoms with Crippen molar-refractivity contribution < 1.29 is 19.0 Å². The van der Waals surface area contributed by atoms with Crippen LogP contribution in [-0.2, 0) is 4.79 Å². The minimum Gasteiger partial charge on any atom is -0.493 e. The Bertz CT molecular complexity index is 1310. The molecule has 0 spiro atoms. The number of fused-ring (bicyclic) bond motifs is 2. The summed E-state index contributed by atoms with van der Waals surface area (Å²) in [5.74, 6) is 2.35. The van der Waals surface area contributed by atoms with Crippen molar-refractivity contribution in [3.8, 4) is 28.4 Å². The SMILES string of the molecule is COc1cc(C2CC(=O)C3=C(C2)n2nc(C)c(-c4cccc(Cl)c4)c2NN3)cc(OC)c1OC. The number of nitrogens with zero attached hydrogens (tertiary/aromatic N) is 2. The molecule has 8 nitrogen and oxygen atoms in total. The van der Waals surface area contributed by atoms with Gasteiger partial charge in [-0.25, -0.2) is 4.68 Å². The molecule has 0 bridgehead atoms. The smallest absolute Gasteiger partial charge is 0.203 e. The molecule has 2 N–H and O–H groups in total. The van der Waals surface area contributed by atoms with Crippen molar-refractivity contribution in [2.75, 3.05) is 26.8 Å². The lowest BCUT2D eigenvalue weighted by Gasteiger charge is -2.32. The molecular weight excluding hydrogens is 456 g/mol. The number of anilines is 1. The van der Waals surface area contributed by atoms with E-state index in [2.05, 4.69) is 10.9 Å². The fourth-order valence-corrected chi connectivity index (χ4v) is 4.94. The van der Waals surface area contributed by atoms with Crippen LogP contribution in [0.5, 0.6) is 17.2 Å². The molecule has 1 atom stereocenters. The highest BCUT2D eigenvalue weighted by Crippen LogP contribution is 2.46. The molecule has 34 heavy (non-hydrogen) atoms. The van der Waals surface area contributed by atoms with Gasteiger partial charge in [0, 0.05) is 17.0 Å². The minimum atomic E-state index is -0.0770. The molecule has 2 heterocycles. The average Bonchev–Trinajstić information content (AvgIpc) is 3.19. The van der Waals surface area contributed by atoms with Gasteiger partial charge in [-0.05, 0) is 54.7 Å². The topological polar surface area (TPSA) is 86.6 Å². The van der Waals surface area contributed by atoms with Gasteiger partial charge >= 0.3 is 0 Å². The quantitative estimate of drug-likeness (QED) is 0.543. The van der Waals surface area contributed by atoms with Crippen molar-refractivity contribution in [2.45, 2.75) is 25.7 Å². The second-order valence-corrected chi connectivity index (χ2v) is 8.73. The molecule has 176 valence electrons. The lowest BCUT2D eigenvalue weighted by atomic mass is 9.83. The Balaban J connectivity index is 1.57. The number of nitrogens with one attached hydrogen (secondary N) is 2. The monoisotopic (exact) mass is 480 g/mol. The number of Topliss-reactive ketones (excluding diaryl/α,β-unsaturated/α-hetero) is 1. The number of carbonyl (C=O) groups excluding carboxylic acids is 1. The van der Waals surface area contributed by atoms with Crippen LogP contribution in [-0.4, -0.2) is 36.9 Å². The van der Waals surface area contributed by atoms with Crippen LogP contribution in [0.1, 0.15) is 30.0 Å². The molecule has 9 heteroatoms. The van der Waals surface area contributed by atoms with Gasteiger partial charge in [0.2, 0.25) is 5.75 Å². The Labute approximate surface area is 202 Å². The first-order valence-corrected chi connectivity index (χ1v) is 11.3. The fourth-order valence-electron chi connectivity index (χ4n) is 4.75. The Kier molecular flexibility index (Phi) is 5.61. The predicted octanol–water partition coefficient (Wildman–Crippen LogP) is 4.78. The summed E-state index contributed by atoms with van der Waals surface area (Å²) in [6.45, 7) is 1.95. The lowest BCUT2D eigenvalue weighted by molar-refractivity contribution is -0.116. The van der Waals surface area contributed by atoms with E-state index in [0.717, 1.165) is 33.9 Å². The molecule has 1 aromatic heterocycles. The largest absolute Gasteiger partial charge is 0.493 e. The first-order chi connectivity index (χ1) is 16.4. The average molecular weight is 481 g/mol. The van der Waals surface area contributed by atoms with Crippen LogP contribution >= 0.6 is 11.6 Å². The van der Waals surface area contributed by atoms with E-state index in [1.165, 1.54) is 0 Å².